The van der Waals surface area contributed by atoms with Crippen LogP contribution in [-0.4, -0.2) is 33.5 Å². The van der Waals surface area contributed by atoms with Gasteiger partial charge in [0.1, 0.15) is 12.1 Å². The van der Waals surface area contributed by atoms with Crippen LogP contribution in [-0.2, 0) is 4.79 Å². The maximum Gasteiger partial charge on any atom is 0.230 e. The summed E-state index contributed by atoms with van der Waals surface area (Å²) >= 11 is 7.36. The Morgan fingerprint density at radius 1 is 1.30 bits per heavy atom. The molecule has 1 heterocycles. The van der Waals surface area contributed by atoms with Gasteiger partial charge >= 0.3 is 0 Å². The van der Waals surface area contributed by atoms with E-state index < -0.39 is 0 Å². The number of benzene rings is 2. The van der Waals surface area contributed by atoms with E-state index in [4.69, 9.17) is 16.3 Å². The van der Waals surface area contributed by atoms with Gasteiger partial charge in [-0.1, -0.05) is 47.6 Å². The number of hydrogen-bond acceptors (Lipinski definition) is 5. The van der Waals surface area contributed by atoms with Crippen LogP contribution < -0.4 is 10.1 Å². The first-order valence-electron chi connectivity index (χ1n) is 8.29. The fraction of sp³-hybridized carbons (Fsp3) is 0.211. The molecule has 3 rings (SSSR count). The normalized spacial score (nSPS) is 11.8. The van der Waals surface area contributed by atoms with E-state index in [0.717, 1.165) is 17.0 Å². The molecule has 6 nitrogen and oxygen atoms in total. The molecule has 3 aromatic rings. The lowest BCUT2D eigenvalue weighted by atomic mass is 10.1. The smallest absolute Gasteiger partial charge is 0.230 e. The summed E-state index contributed by atoms with van der Waals surface area (Å²) in [5.41, 5.74) is 1.78. The van der Waals surface area contributed by atoms with Gasteiger partial charge in [-0.15, -0.1) is 10.2 Å². The SMILES string of the molecule is COc1ccccc1C(C)NC(=O)CSc1nncn1-c1cccc(Cl)c1. The lowest BCUT2D eigenvalue weighted by Gasteiger charge is -2.17. The van der Waals surface area contributed by atoms with Crippen molar-refractivity contribution in [1.82, 2.24) is 20.1 Å². The van der Waals surface area contributed by atoms with Gasteiger partial charge in [0.15, 0.2) is 5.16 Å². The van der Waals surface area contributed by atoms with Crippen molar-refractivity contribution in [1.29, 1.82) is 0 Å². The van der Waals surface area contributed by atoms with Crippen LogP contribution in [0.2, 0.25) is 5.02 Å². The summed E-state index contributed by atoms with van der Waals surface area (Å²) in [5.74, 6) is 0.872. The van der Waals surface area contributed by atoms with Crippen molar-refractivity contribution in [2.75, 3.05) is 12.9 Å². The topological polar surface area (TPSA) is 69.0 Å². The average Bonchev–Trinajstić information content (AvgIpc) is 3.15. The Hall–Kier alpha value is -2.51. The van der Waals surface area contributed by atoms with E-state index in [-0.39, 0.29) is 17.7 Å². The Kier molecular flexibility index (Phi) is 6.36. The fourth-order valence-electron chi connectivity index (χ4n) is 2.64. The number of rotatable bonds is 7. The quantitative estimate of drug-likeness (QED) is 0.607. The van der Waals surface area contributed by atoms with E-state index in [0.29, 0.717) is 10.2 Å². The van der Waals surface area contributed by atoms with E-state index >= 15 is 0 Å². The van der Waals surface area contributed by atoms with Gasteiger partial charge in [0.2, 0.25) is 5.91 Å². The van der Waals surface area contributed by atoms with Crippen molar-refractivity contribution in [3.8, 4) is 11.4 Å². The Morgan fingerprint density at radius 3 is 2.89 bits per heavy atom. The first-order valence-corrected chi connectivity index (χ1v) is 9.66. The number of carbonyl (C=O) groups is 1. The minimum atomic E-state index is -0.167. The summed E-state index contributed by atoms with van der Waals surface area (Å²) in [6, 6.07) is 14.8. The first-order chi connectivity index (χ1) is 13.1. The highest BCUT2D eigenvalue weighted by atomic mass is 35.5. The number of hydrogen-bond donors (Lipinski definition) is 1. The van der Waals surface area contributed by atoms with Crippen molar-refractivity contribution in [3.63, 3.8) is 0 Å². The first kappa shape index (κ1) is 19.3. The van der Waals surface area contributed by atoms with E-state index in [9.17, 15) is 4.79 Å². The van der Waals surface area contributed by atoms with Gasteiger partial charge in [-0.25, -0.2) is 0 Å². The second-order valence-electron chi connectivity index (χ2n) is 5.78. The number of carbonyl (C=O) groups excluding carboxylic acids is 1. The van der Waals surface area contributed by atoms with Crippen molar-refractivity contribution >= 4 is 29.3 Å². The number of para-hydroxylation sites is 1. The molecule has 0 aliphatic rings. The standard InChI is InChI=1S/C19H19ClN4O2S/c1-13(16-8-3-4-9-17(16)26-2)22-18(25)11-27-19-23-21-12-24(19)15-7-5-6-14(20)10-15/h3-10,12-13H,11H2,1-2H3,(H,22,25). The molecular formula is C19H19ClN4O2S. The third-order valence-electron chi connectivity index (χ3n) is 3.92. The minimum Gasteiger partial charge on any atom is -0.496 e. The van der Waals surface area contributed by atoms with Crippen molar-refractivity contribution < 1.29 is 9.53 Å². The van der Waals surface area contributed by atoms with Gasteiger partial charge in [0.05, 0.1) is 24.6 Å². The Labute approximate surface area is 166 Å². The molecule has 1 amide bonds. The van der Waals surface area contributed by atoms with Gasteiger partial charge in [-0.3, -0.25) is 9.36 Å². The lowest BCUT2D eigenvalue weighted by Crippen LogP contribution is -2.28. The van der Waals surface area contributed by atoms with Crippen LogP contribution in [0.15, 0.2) is 60.0 Å². The summed E-state index contributed by atoms with van der Waals surface area (Å²) in [6.07, 6.45) is 1.60. The van der Waals surface area contributed by atoms with Gasteiger partial charge < -0.3 is 10.1 Å². The number of aromatic nitrogens is 3. The van der Waals surface area contributed by atoms with Crippen LogP contribution >= 0.6 is 23.4 Å². The largest absolute Gasteiger partial charge is 0.496 e. The Bertz CT molecular complexity index is 931. The van der Waals surface area contributed by atoms with Gasteiger partial charge in [0.25, 0.3) is 0 Å². The molecule has 0 saturated heterocycles. The average molecular weight is 403 g/mol. The van der Waals surface area contributed by atoms with Crippen LogP contribution in [0, 0.1) is 0 Å². The fourth-order valence-corrected chi connectivity index (χ4v) is 3.57. The highest BCUT2D eigenvalue weighted by Gasteiger charge is 2.15. The second-order valence-corrected chi connectivity index (χ2v) is 7.16. The molecule has 2 aromatic carbocycles. The van der Waals surface area contributed by atoms with Gasteiger partial charge in [-0.05, 0) is 31.2 Å². The van der Waals surface area contributed by atoms with Crippen molar-refractivity contribution in [2.45, 2.75) is 18.1 Å². The molecule has 0 radical (unpaired) electrons. The molecule has 0 aliphatic heterocycles. The minimum absolute atomic E-state index is 0.0981. The third-order valence-corrected chi connectivity index (χ3v) is 5.10. The summed E-state index contributed by atoms with van der Waals surface area (Å²) in [5, 5.41) is 12.3. The van der Waals surface area contributed by atoms with E-state index in [1.54, 1.807) is 24.1 Å². The number of thioether (sulfide) groups is 1. The third kappa shape index (κ3) is 4.81. The lowest BCUT2D eigenvalue weighted by molar-refractivity contribution is -0.119. The number of ether oxygens (including phenoxy) is 1. The number of halogens is 1. The molecule has 0 spiro atoms. The molecule has 140 valence electrons. The monoisotopic (exact) mass is 402 g/mol. The maximum atomic E-state index is 12.4. The van der Waals surface area contributed by atoms with Crippen LogP contribution in [0.4, 0.5) is 0 Å². The van der Waals surface area contributed by atoms with Crippen molar-refractivity contribution in [2.24, 2.45) is 0 Å². The highest BCUT2D eigenvalue weighted by molar-refractivity contribution is 7.99. The molecule has 0 fully saturated rings. The molecule has 0 bridgehead atoms. The van der Waals surface area contributed by atoms with Crippen LogP contribution in [0.5, 0.6) is 5.75 Å². The molecular weight excluding hydrogens is 384 g/mol. The highest BCUT2D eigenvalue weighted by Crippen LogP contribution is 2.25. The summed E-state index contributed by atoms with van der Waals surface area (Å²) < 4.78 is 7.15. The number of nitrogens with one attached hydrogen (secondary N) is 1. The molecule has 1 atom stereocenters. The Balaban J connectivity index is 1.63. The van der Waals surface area contributed by atoms with E-state index in [1.165, 1.54) is 11.8 Å². The molecule has 0 saturated carbocycles. The zero-order valence-electron chi connectivity index (χ0n) is 14.9. The van der Waals surface area contributed by atoms with Gasteiger partial charge in [0, 0.05) is 10.6 Å². The van der Waals surface area contributed by atoms with E-state index in [2.05, 4.69) is 15.5 Å². The van der Waals surface area contributed by atoms with E-state index in [1.807, 2.05) is 49.4 Å². The molecule has 27 heavy (non-hydrogen) atoms. The molecule has 8 heteroatoms. The van der Waals surface area contributed by atoms with Crippen LogP contribution in [0.25, 0.3) is 5.69 Å². The summed E-state index contributed by atoms with van der Waals surface area (Å²) in [6.45, 7) is 1.93. The summed E-state index contributed by atoms with van der Waals surface area (Å²) in [4.78, 5) is 12.4. The maximum absolute atomic E-state index is 12.4. The molecule has 1 aromatic heterocycles. The van der Waals surface area contributed by atoms with Crippen LogP contribution in [0.1, 0.15) is 18.5 Å². The number of amides is 1. The number of methoxy groups -OCH3 is 1. The predicted molar refractivity (Wildman–Crippen MR) is 107 cm³/mol. The van der Waals surface area contributed by atoms with Crippen molar-refractivity contribution in [3.05, 3.63) is 65.4 Å². The van der Waals surface area contributed by atoms with Crippen LogP contribution in [0.3, 0.4) is 0 Å². The molecule has 1 unspecified atom stereocenters. The summed E-state index contributed by atoms with van der Waals surface area (Å²) in [7, 11) is 1.62. The molecule has 0 aliphatic carbocycles. The predicted octanol–water partition coefficient (Wildman–Crippen LogP) is 3.90. The Morgan fingerprint density at radius 2 is 2.11 bits per heavy atom. The molecule has 1 N–H and O–H groups in total. The number of nitrogens with zero attached hydrogens (tertiary/aromatic N) is 3. The second kappa shape index (κ2) is 8.92. The zero-order valence-corrected chi connectivity index (χ0v) is 16.5. The van der Waals surface area contributed by atoms with Gasteiger partial charge in [-0.2, -0.15) is 0 Å². The zero-order chi connectivity index (χ0) is 19.2.